The van der Waals surface area contributed by atoms with Crippen molar-refractivity contribution in [1.82, 2.24) is 4.90 Å². The summed E-state index contributed by atoms with van der Waals surface area (Å²) in [5.74, 6) is 0.542. The van der Waals surface area contributed by atoms with Crippen LogP contribution in [0.5, 0.6) is 0 Å². The number of benzene rings is 1. The van der Waals surface area contributed by atoms with E-state index in [1.807, 2.05) is 0 Å². The summed E-state index contributed by atoms with van der Waals surface area (Å²) in [6.45, 7) is 0.386. The van der Waals surface area contributed by atoms with Crippen LogP contribution in [0.1, 0.15) is 21.7 Å². The number of carbonyl (C=O) groups excluding carboxylic acids is 1. The lowest BCUT2D eigenvalue weighted by Crippen LogP contribution is -2.25. The molecule has 0 bridgehead atoms. The third-order valence-corrected chi connectivity index (χ3v) is 3.81. The first-order valence-corrected chi connectivity index (χ1v) is 8.46. The van der Waals surface area contributed by atoms with Gasteiger partial charge in [-0.2, -0.15) is 0 Å². The molecular formula is C15H17NO4S. The molecule has 6 heteroatoms. The molecule has 0 aliphatic heterocycles. The molecule has 1 aromatic carbocycles. The Morgan fingerprint density at radius 2 is 1.86 bits per heavy atom. The summed E-state index contributed by atoms with van der Waals surface area (Å²) in [6.07, 6.45) is 2.75. The Hall–Kier alpha value is -2.08. The Kier molecular flexibility index (Phi) is 4.47. The Morgan fingerprint density at radius 1 is 1.19 bits per heavy atom. The maximum atomic E-state index is 12.2. The van der Waals surface area contributed by atoms with Gasteiger partial charge in [0.15, 0.2) is 9.84 Å². The summed E-state index contributed by atoms with van der Waals surface area (Å²) in [4.78, 5) is 13.8. The molecule has 1 amide bonds. The average Bonchev–Trinajstić information content (AvgIpc) is 2.90. The maximum Gasteiger partial charge on any atom is 0.254 e. The molecule has 0 spiro atoms. The quantitative estimate of drug-likeness (QED) is 0.848. The molecule has 0 fully saturated rings. The highest BCUT2D eigenvalue weighted by Gasteiger charge is 2.13. The Balaban J connectivity index is 2.05. The number of hydrogen-bond acceptors (Lipinski definition) is 4. The highest BCUT2D eigenvalue weighted by atomic mass is 32.2. The molecule has 0 aliphatic rings. The molecule has 0 N–H and O–H groups in total. The number of carbonyl (C=O) groups is 1. The predicted molar refractivity (Wildman–Crippen MR) is 79.5 cm³/mol. The van der Waals surface area contributed by atoms with Crippen molar-refractivity contribution in [2.75, 3.05) is 13.3 Å². The van der Waals surface area contributed by atoms with E-state index in [0.717, 1.165) is 0 Å². The number of amides is 1. The minimum atomic E-state index is -3.07. The van der Waals surface area contributed by atoms with E-state index in [0.29, 0.717) is 23.4 Å². The fraction of sp³-hybridized carbons (Fsp3) is 0.267. The largest absolute Gasteiger partial charge is 0.467 e. The molecule has 0 aliphatic carbocycles. The highest BCUT2D eigenvalue weighted by molar-refractivity contribution is 7.89. The Labute approximate surface area is 124 Å². The van der Waals surface area contributed by atoms with Crippen molar-refractivity contribution in [1.29, 1.82) is 0 Å². The molecule has 21 heavy (non-hydrogen) atoms. The smallest absolute Gasteiger partial charge is 0.254 e. The second-order valence-electron chi connectivity index (χ2n) is 5.01. The zero-order valence-corrected chi connectivity index (χ0v) is 12.8. The molecular weight excluding hydrogens is 290 g/mol. The van der Waals surface area contributed by atoms with Gasteiger partial charge in [0.05, 0.1) is 18.6 Å². The van der Waals surface area contributed by atoms with Crippen LogP contribution in [0, 0.1) is 0 Å². The van der Waals surface area contributed by atoms with Crippen molar-refractivity contribution in [3.8, 4) is 0 Å². The van der Waals surface area contributed by atoms with E-state index in [9.17, 15) is 13.2 Å². The van der Waals surface area contributed by atoms with E-state index in [2.05, 4.69) is 0 Å². The van der Waals surface area contributed by atoms with Crippen LogP contribution in [0.15, 0.2) is 47.1 Å². The normalized spacial score (nSPS) is 11.3. The van der Waals surface area contributed by atoms with E-state index in [1.165, 1.54) is 6.26 Å². The summed E-state index contributed by atoms with van der Waals surface area (Å²) >= 11 is 0. The molecule has 1 heterocycles. The van der Waals surface area contributed by atoms with Gasteiger partial charge in [-0.25, -0.2) is 8.42 Å². The van der Waals surface area contributed by atoms with Crippen molar-refractivity contribution in [3.05, 3.63) is 59.5 Å². The lowest BCUT2D eigenvalue weighted by molar-refractivity contribution is 0.0775. The van der Waals surface area contributed by atoms with Gasteiger partial charge in [-0.15, -0.1) is 0 Å². The molecule has 0 unspecified atom stereocenters. The molecule has 2 aromatic rings. The molecule has 0 atom stereocenters. The fourth-order valence-electron chi connectivity index (χ4n) is 1.97. The van der Waals surface area contributed by atoms with Gasteiger partial charge in [0.25, 0.3) is 5.91 Å². The van der Waals surface area contributed by atoms with Gasteiger partial charge in [0.1, 0.15) is 5.76 Å². The van der Waals surface area contributed by atoms with Crippen LogP contribution in [-0.4, -0.2) is 32.5 Å². The molecule has 112 valence electrons. The zero-order chi connectivity index (χ0) is 15.5. The second-order valence-corrected chi connectivity index (χ2v) is 7.15. The number of furan rings is 1. The summed E-state index contributed by atoms with van der Waals surface area (Å²) in [5, 5.41) is 0. The van der Waals surface area contributed by atoms with Crippen molar-refractivity contribution in [3.63, 3.8) is 0 Å². The van der Waals surface area contributed by atoms with Gasteiger partial charge >= 0.3 is 0 Å². The van der Waals surface area contributed by atoms with E-state index in [-0.39, 0.29) is 11.7 Å². The molecule has 0 saturated carbocycles. The van der Waals surface area contributed by atoms with Crippen LogP contribution < -0.4 is 0 Å². The molecule has 5 nitrogen and oxygen atoms in total. The van der Waals surface area contributed by atoms with Gasteiger partial charge in [-0.3, -0.25) is 4.79 Å². The minimum Gasteiger partial charge on any atom is -0.467 e. The lowest BCUT2D eigenvalue weighted by atomic mass is 10.1. The van der Waals surface area contributed by atoms with Crippen LogP contribution in [-0.2, 0) is 22.1 Å². The van der Waals surface area contributed by atoms with Gasteiger partial charge in [-0.1, -0.05) is 12.1 Å². The lowest BCUT2D eigenvalue weighted by Gasteiger charge is -2.15. The summed E-state index contributed by atoms with van der Waals surface area (Å²) < 4.78 is 27.6. The summed E-state index contributed by atoms with van der Waals surface area (Å²) in [6, 6.07) is 10.2. The van der Waals surface area contributed by atoms with Crippen molar-refractivity contribution in [2.45, 2.75) is 12.3 Å². The highest BCUT2D eigenvalue weighted by Crippen LogP contribution is 2.11. The standard InChI is InChI=1S/C15H17NO4S/c1-16(10-14-4-3-9-20-14)15(17)13-7-5-12(6-8-13)11-21(2,18)19/h3-9H,10-11H2,1-2H3. The van der Waals surface area contributed by atoms with Crippen LogP contribution in [0.25, 0.3) is 0 Å². The van der Waals surface area contributed by atoms with Gasteiger partial charge in [0.2, 0.25) is 0 Å². The molecule has 1 aromatic heterocycles. The maximum absolute atomic E-state index is 12.2. The van der Waals surface area contributed by atoms with Gasteiger partial charge in [-0.05, 0) is 29.8 Å². The number of rotatable bonds is 5. The van der Waals surface area contributed by atoms with Gasteiger partial charge in [0, 0.05) is 18.9 Å². The van der Waals surface area contributed by atoms with Gasteiger partial charge < -0.3 is 9.32 Å². The van der Waals surface area contributed by atoms with Crippen molar-refractivity contribution < 1.29 is 17.6 Å². The Morgan fingerprint density at radius 3 is 2.38 bits per heavy atom. The van der Waals surface area contributed by atoms with E-state index in [4.69, 9.17) is 4.42 Å². The monoisotopic (exact) mass is 307 g/mol. The third kappa shape index (κ3) is 4.46. The topological polar surface area (TPSA) is 67.6 Å². The first-order chi connectivity index (χ1) is 9.85. The van der Waals surface area contributed by atoms with Crippen molar-refractivity contribution in [2.24, 2.45) is 0 Å². The molecule has 0 saturated heterocycles. The van der Waals surface area contributed by atoms with Crippen LogP contribution >= 0.6 is 0 Å². The minimum absolute atomic E-state index is 0.0241. The van der Waals surface area contributed by atoms with E-state index in [1.54, 1.807) is 54.6 Å². The molecule has 2 rings (SSSR count). The Bertz CT molecular complexity index is 703. The van der Waals surface area contributed by atoms with Crippen LogP contribution in [0.4, 0.5) is 0 Å². The second kappa shape index (κ2) is 6.13. The SMILES string of the molecule is CN(Cc1ccco1)C(=O)c1ccc(CS(C)(=O)=O)cc1. The predicted octanol–water partition coefficient (Wildman–Crippen LogP) is 2.10. The first kappa shape index (κ1) is 15.3. The van der Waals surface area contributed by atoms with Crippen LogP contribution in [0.3, 0.4) is 0 Å². The fourth-order valence-corrected chi connectivity index (χ4v) is 2.77. The summed E-state index contributed by atoms with van der Waals surface area (Å²) in [7, 11) is -1.38. The van der Waals surface area contributed by atoms with Crippen molar-refractivity contribution >= 4 is 15.7 Å². The zero-order valence-electron chi connectivity index (χ0n) is 11.9. The third-order valence-electron chi connectivity index (χ3n) is 2.95. The summed E-state index contributed by atoms with van der Waals surface area (Å²) in [5.41, 5.74) is 1.18. The first-order valence-electron chi connectivity index (χ1n) is 6.40. The number of hydrogen-bond donors (Lipinski definition) is 0. The number of nitrogens with zero attached hydrogens (tertiary/aromatic N) is 1. The number of sulfone groups is 1. The van der Waals surface area contributed by atoms with Crippen LogP contribution in [0.2, 0.25) is 0 Å². The average molecular weight is 307 g/mol. The van der Waals surface area contributed by atoms with E-state index < -0.39 is 9.84 Å². The van der Waals surface area contributed by atoms with E-state index >= 15 is 0 Å². The molecule has 0 radical (unpaired) electrons.